The summed E-state index contributed by atoms with van der Waals surface area (Å²) in [5, 5.41) is 5.23. The molecular weight excluding hydrogens is 357 g/mol. The van der Waals surface area contributed by atoms with Gasteiger partial charge in [0.1, 0.15) is 17.8 Å². The largest absolute Gasteiger partial charge is 0.418 e. The molecule has 0 aliphatic heterocycles. The molecule has 2 aromatic rings. The Morgan fingerprint density at radius 3 is 2.40 bits per heavy atom. The number of anilines is 2. The van der Waals surface area contributed by atoms with Crippen LogP contribution in [0.4, 0.5) is 24.7 Å². The first-order valence-electron chi connectivity index (χ1n) is 7.24. The second kappa shape index (κ2) is 6.87. The maximum absolute atomic E-state index is 13.1. The maximum atomic E-state index is 13.1. The highest BCUT2D eigenvalue weighted by molar-refractivity contribution is 6.30. The molecule has 0 bridgehead atoms. The lowest BCUT2D eigenvalue weighted by atomic mass is 10.1. The van der Waals surface area contributed by atoms with Gasteiger partial charge in [-0.2, -0.15) is 13.2 Å². The third-order valence-corrected chi connectivity index (χ3v) is 3.17. The molecule has 0 spiro atoms. The van der Waals surface area contributed by atoms with Crippen LogP contribution in [0.1, 0.15) is 36.8 Å². The van der Waals surface area contributed by atoms with E-state index in [4.69, 9.17) is 11.6 Å². The predicted octanol–water partition coefficient (Wildman–Crippen LogP) is 4.42. The lowest BCUT2D eigenvalue weighted by Crippen LogP contribution is -2.40. The molecule has 0 radical (unpaired) electrons. The first-order chi connectivity index (χ1) is 11.5. The zero-order valence-corrected chi connectivity index (χ0v) is 14.5. The average Bonchev–Trinajstić information content (AvgIpc) is 2.46. The van der Waals surface area contributed by atoms with Crippen LogP contribution in [0, 0.1) is 0 Å². The molecule has 134 valence electrons. The summed E-state index contributed by atoms with van der Waals surface area (Å²) in [5.74, 6) is -0.396. The Hall–Kier alpha value is -2.35. The van der Waals surface area contributed by atoms with E-state index in [1.54, 1.807) is 20.8 Å². The lowest BCUT2D eigenvalue weighted by Gasteiger charge is -2.20. The molecule has 2 rings (SSSR count). The Morgan fingerprint density at radius 1 is 1.12 bits per heavy atom. The average molecular weight is 373 g/mol. The fourth-order valence-corrected chi connectivity index (χ4v) is 2.12. The molecule has 1 aromatic carbocycles. The molecule has 2 N–H and O–H groups in total. The molecule has 0 aliphatic carbocycles. The van der Waals surface area contributed by atoms with E-state index in [1.165, 1.54) is 18.2 Å². The number of benzene rings is 1. The Kier molecular flexibility index (Phi) is 5.22. The zero-order chi connectivity index (χ0) is 18.8. The van der Waals surface area contributed by atoms with E-state index in [-0.39, 0.29) is 22.2 Å². The molecule has 25 heavy (non-hydrogen) atoms. The number of nitrogens with one attached hydrogen (secondary N) is 2. The molecule has 0 saturated heterocycles. The summed E-state index contributed by atoms with van der Waals surface area (Å²) in [4.78, 5) is 19.8. The smallest absolute Gasteiger partial charge is 0.346 e. The number of aromatic nitrogens is 2. The van der Waals surface area contributed by atoms with Gasteiger partial charge in [-0.1, -0.05) is 11.6 Å². The summed E-state index contributed by atoms with van der Waals surface area (Å²) < 4.78 is 39.4. The first-order valence-corrected chi connectivity index (χ1v) is 7.62. The van der Waals surface area contributed by atoms with Crippen molar-refractivity contribution in [2.24, 2.45) is 0 Å². The van der Waals surface area contributed by atoms with Crippen LogP contribution in [0.25, 0.3) is 0 Å². The predicted molar refractivity (Wildman–Crippen MR) is 89.0 cm³/mol. The van der Waals surface area contributed by atoms with Crippen molar-refractivity contribution in [3.8, 4) is 0 Å². The number of carbonyl (C=O) groups excluding carboxylic acids is 1. The second-order valence-corrected chi connectivity index (χ2v) is 6.74. The Bertz CT molecular complexity index is 788. The summed E-state index contributed by atoms with van der Waals surface area (Å²) in [6.45, 7) is 5.40. The SMILES string of the molecule is CC(C)(C)NC(=O)c1cc(Nc2ccc(Cl)cc2C(F)(F)F)ncn1. The molecule has 1 heterocycles. The lowest BCUT2D eigenvalue weighted by molar-refractivity contribution is -0.136. The number of rotatable bonds is 3. The monoisotopic (exact) mass is 372 g/mol. The quantitative estimate of drug-likeness (QED) is 0.837. The fraction of sp³-hybridized carbons (Fsp3) is 0.312. The summed E-state index contributed by atoms with van der Waals surface area (Å²) in [5.41, 5.74) is -1.60. The van der Waals surface area contributed by atoms with E-state index in [1.807, 2.05) is 0 Å². The maximum Gasteiger partial charge on any atom is 0.418 e. The topological polar surface area (TPSA) is 66.9 Å². The molecule has 0 unspecified atom stereocenters. The van der Waals surface area contributed by atoms with Crippen molar-refractivity contribution in [3.05, 3.63) is 46.9 Å². The van der Waals surface area contributed by atoms with Crippen molar-refractivity contribution in [1.29, 1.82) is 0 Å². The number of carbonyl (C=O) groups is 1. The van der Waals surface area contributed by atoms with Gasteiger partial charge < -0.3 is 10.6 Å². The Morgan fingerprint density at radius 2 is 1.80 bits per heavy atom. The molecule has 0 aliphatic rings. The molecule has 1 aromatic heterocycles. The standard InChI is InChI=1S/C16H16ClF3N4O/c1-15(2,3)24-14(25)12-7-13(22-8-21-12)23-11-5-4-9(17)6-10(11)16(18,19)20/h4-8H,1-3H3,(H,24,25)(H,21,22,23). The molecular formula is C16H16ClF3N4O. The number of nitrogens with zero attached hydrogens (tertiary/aromatic N) is 2. The van der Waals surface area contributed by atoms with Gasteiger partial charge in [0.05, 0.1) is 11.3 Å². The van der Waals surface area contributed by atoms with Gasteiger partial charge in [-0.3, -0.25) is 4.79 Å². The van der Waals surface area contributed by atoms with Gasteiger partial charge in [0.15, 0.2) is 0 Å². The van der Waals surface area contributed by atoms with Crippen LogP contribution in [0.5, 0.6) is 0 Å². The molecule has 9 heteroatoms. The Labute approximate surface area is 147 Å². The van der Waals surface area contributed by atoms with E-state index in [0.29, 0.717) is 0 Å². The number of halogens is 4. The van der Waals surface area contributed by atoms with Gasteiger partial charge in [0.2, 0.25) is 0 Å². The Balaban J connectivity index is 2.31. The van der Waals surface area contributed by atoms with Crippen molar-refractivity contribution < 1.29 is 18.0 Å². The van der Waals surface area contributed by atoms with Crippen LogP contribution in [-0.4, -0.2) is 21.4 Å². The normalized spacial score (nSPS) is 12.0. The van der Waals surface area contributed by atoms with Crippen molar-refractivity contribution in [2.75, 3.05) is 5.32 Å². The van der Waals surface area contributed by atoms with E-state index in [9.17, 15) is 18.0 Å². The van der Waals surface area contributed by atoms with Crippen LogP contribution in [0.3, 0.4) is 0 Å². The van der Waals surface area contributed by atoms with E-state index < -0.39 is 23.2 Å². The van der Waals surface area contributed by atoms with Gasteiger partial charge in [-0.15, -0.1) is 0 Å². The van der Waals surface area contributed by atoms with Gasteiger partial charge >= 0.3 is 6.18 Å². The van der Waals surface area contributed by atoms with Crippen molar-refractivity contribution in [3.63, 3.8) is 0 Å². The minimum Gasteiger partial charge on any atom is -0.346 e. The highest BCUT2D eigenvalue weighted by atomic mass is 35.5. The van der Waals surface area contributed by atoms with E-state index in [2.05, 4.69) is 20.6 Å². The van der Waals surface area contributed by atoms with Crippen LogP contribution >= 0.6 is 11.6 Å². The third-order valence-electron chi connectivity index (χ3n) is 2.94. The van der Waals surface area contributed by atoms with E-state index in [0.717, 1.165) is 12.4 Å². The van der Waals surface area contributed by atoms with E-state index >= 15 is 0 Å². The molecule has 1 amide bonds. The zero-order valence-electron chi connectivity index (χ0n) is 13.7. The van der Waals surface area contributed by atoms with Crippen LogP contribution in [0.2, 0.25) is 5.02 Å². The molecule has 0 saturated carbocycles. The highest BCUT2D eigenvalue weighted by Crippen LogP contribution is 2.37. The number of hydrogen-bond donors (Lipinski definition) is 2. The molecule has 0 atom stereocenters. The highest BCUT2D eigenvalue weighted by Gasteiger charge is 2.34. The van der Waals surface area contributed by atoms with Crippen LogP contribution in [-0.2, 0) is 6.18 Å². The molecule has 5 nitrogen and oxygen atoms in total. The van der Waals surface area contributed by atoms with Gasteiger partial charge in [0, 0.05) is 16.6 Å². The minimum absolute atomic E-state index is 0.0363. The van der Waals surface area contributed by atoms with Crippen LogP contribution < -0.4 is 10.6 Å². The number of amides is 1. The van der Waals surface area contributed by atoms with Crippen molar-refractivity contribution in [2.45, 2.75) is 32.5 Å². The van der Waals surface area contributed by atoms with Crippen molar-refractivity contribution in [1.82, 2.24) is 15.3 Å². The number of hydrogen-bond acceptors (Lipinski definition) is 4. The molecule has 0 fully saturated rings. The van der Waals surface area contributed by atoms with Gasteiger partial charge in [-0.05, 0) is 39.0 Å². The fourth-order valence-electron chi connectivity index (χ4n) is 1.95. The third kappa shape index (κ3) is 5.32. The number of alkyl halides is 3. The summed E-state index contributed by atoms with van der Waals surface area (Å²) in [6.07, 6.45) is -3.49. The minimum atomic E-state index is -4.59. The van der Waals surface area contributed by atoms with Crippen molar-refractivity contribution >= 4 is 29.0 Å². The van der Waals surface area contributed by atoms with Crippen LogP contribution in [0.15, 0.2) is 30.6 Å². The van der Waals surface area contributed by atoms with Gasteiger partial charge in [0.25, 0.3) is 5.91 Å². The summed E-state index contributed by atoms with van der Waals surface area (Å²) in [6, 6.07) is 4.61. The second-order valence-electron chi connectivity index (χ2n) is 6.31. The first kappa shape index (κ1) is 19.0. The van der Waals surface area contributed by atoms with Gasteiger partial charge in [-0.25, -0.2) is 9.97 Å². The summed E-state index contributed by atoms with van der Waals surface area (Å²) in [7, 11) is 0. The summed E-state index contributed by atoms with van der Waals surface area (Å²) >= 11 is 5.65.